The molecular formula is C7H13N5OS. The van der Waals surface area contributed by atoms with E-state index in [1.165, 1.54) is 11.8 Å². The number of nitrogens with two attached hydrogens (primary N) is 2. The molecule has 14 heavy (non-hydrogen) atoms. The standard InChI is InChI=1S/C7H13N5OS/c1-12-6(4-8)10-11-7(12)14-3-2-5(9)13/h2-4,8H2,1H3,(H2,9,13). The van der Waals surface area contributed by atoms with Gasteiger partial charge in [-0.15, -0.1) is 10.2 Å². The quantitative estimate of drug-likeness (QED) is 0.629. The summed E-state index contributed by atoms with van der Waals surface area (Å²) in [6.07, 6.45) is 0.343. The van der Waals surface area contributed by atoms with Gasteiger partial charge in [-0.3, -0.25) is 4.79 Å². The predicted octanol–water partition coefficient (Wildman–Crippen LogP) is -0.759. The van der Waals surface area contributed by atoms with Crippen LogP contribution in [0, 0.1) is 0 Å². The van der Waals surface area contributed by atoms with Crippen LogP contribution in [0.4, 0.5) is 0 Å². The van der Waals surface area contributed by atoms with Crippen molar-refractivity contribution in [1.29, 1.82) is 0 Å². The molecule has 0 unspecified atom stereocenters. The van der Waals surface area contributed by atoms with Gasteiger partial charge in [0.2, 0.25) is 5.91 Å². The van der Waals surface area contributed by atoms with Gasteiger partial charge in [-0.2, -0.15) is 0 Å². The van der Waals surface area contributed by atoms with Crippen molar-refractivity contribution in [2.45, 2.75) is 18.1 Å². The molecule has 0 fully saturated rings. The van der Waals surface area contributed by atoms with E-state index in [1.807, 2.05) is 11.6 Å². The molecule has 0 saturated carbocycles. The minimum atomic E-state index is -0.307. The number of amides is 1. The van der Waals surface area contributed by atoms with Gasteiger partial charge >= 0.3 is 0 Å². The lowest BCUT2D eigenvalue weighted by molar-refractivity contribution is -0.117. The topological polar surface area (TPSA) is 99.8 Å². The molecule has 1 heterocycles. The molecule has 0 atom stereocenters. The van der Waals surface area contributed by atoms with E-state index in [9.17, 15) is 4.79 Å². The third-order valence-corrected chi connectivity index (χ3v) is 2.71. The predicted molar refractivity (Wildman–Crippen MR) is 53.4 cm³/mol. The van der Waals surface area contributed by atoms with E-state index < -0.39 is 0 Å². The van der Waals surface area contributed by atoms with Gasteiger partial charge in [-0.05, 0) is 0 Å². The number of carbonyl (C=O) groups excluding carboxylic acids is 1. The minimum Gasteiger partial charge on any atom is -0.370 e. The van der Waals surface area contributed by atoms with Crippen molar-refractivity contribution in [3.8, 4) is 0 Å². The average molecular weight is 215 g/mol. The van der Waals surface area contributed by atoms with Crippen molar-refractivity contribution >= 4 is 17.7 Å². The number of primary amides is 1. The van der Waals surface area contributed by atoms with Crippen LogP contribution >= 0.6 is 11.8 Å². The lowest BCUT2D eigenvalue weighted by atomic mass is 10.5. The highest BCUT2D eigenvalue weighted by Crippen LogP contribution is 2.15. The molecule has 6 nitrogen and oxygen atoms in total. The van der Waals surface area contributed by atoms with Crippen LogP contribution in [0.1, 0.15) is 12.2 Å². The fraction of sp³-hybridized carbons (Fsp3) is 0.571. The smallest absolute Gasteiger partial charge is 0.218 e. The first-order valence-corrected chi connectivity index (χ1v) is 5.13. The number of hydrogen-bond acceptors (Lipinski definition) is 5. The third-order valence-electron chi connectivity index (χ3n) is 1.69. The zero-order chi connectivity index (χ0) is 10.6. The number of thioether (sulfide) groups is 1. The first-order valence-electron chi connectivity index (χ1n) is 4.14. The first-order chi connectivity index (χ1) is 6.65. The summed E-state index contributed by atoms with van der Waals surface area (Å²) in [6.45, 7) is 0.361. The van der Waals surface area contributed by atoms with Gasteiger partial charge < -0.3 is 16.0 Å². The van der Waals surface area contributed by atoms with Gasteiger partial charge in [0, 0.05) is 19.2 Å². The number of nitrogens with zero attached hydrogens (tertiary/aromatic N) is 3. The minimum absolute atomic E-state index is 0.307. The molecule has 0 aliphatic carbocycles. The molecule has 4 N–H and O–H groups in total. The number of carbonyl (C=O) groups is 1. The zero-order valence-electron chi connectivity index (χ0n) is 7.93. The molecule has 0 spiro atoms. The van der Waals surface area contributed by atoms with Gasteiger partial charge in [0.05, 0.1) is 6.54 Å². The van der Waals surface area contributed by atoms with Gasteiger partial charge in [-0.25, -0.2) is 0 Å². The van der Waals surface area contributed by atoms with E-state index in [1.54, 1.807) is 0 Å². The van der Waals surface area contributed by atoms with E-state index in [-0.39, 0.29) is 5.91 Å². The molecule has 1 aromatic heterocycles. The van der Waals surface area contributed by atoms with Crippen molar-refractivity contribution in [2.24, 2.45) is 18.5 Å². The van der Waals surface area contributed by atoms with Crippen LogP contribution in [0.15, 0.2) is 5.16 Å². The fourth-order valence-corrected chi connectivity index (χ4v) is 1.77. The van der Waals surface area contributed by atoms with Gasteiger partial charge in [0.1, 0.15) is 5.82 Å². The highest BCUT2D eigenvalue weighted by atomic mass is 32.2. The summed E-state index contributed by atoms with van der Waals surface area (Å²) in [6, 6.07) is 0. The Balaban J connectivity index is 2.50. The molecule has 0 bridgehead atoms. The molecule has 0 aliphatic rings. The van der Waals surface area contributed by atoms with Crippen molar-refractivity contribution in [1.82, 2.24) is 14.8 Å². The summed E-state index contributed by atoms with van der Waals surface area (Å²) in [5.74, 6) is 1.04. The largest absolute Gasteiger partial charge is 0.370 e. The Morgan fingerprint density at radius 3 is 2.79 bits per heavy atom. The molecule has 78 valence electrons. The Bertz CT molecular complexity index is 324. The first kappa shape index (κ1) is 11.0. The second-order valence-electron chi connectivity index (χ2n) is 2.73. The summed E-state index contributed by atoms with van der Waals surface area (Å²) in [5, 5.41) is 8.57. The number of rotatable bonds is 5. The Labute approximate surface area is 86.0 Å². The molecule has 7 heteroatoms. The molecule has 1 aromatic rings. The maximum atomic E-state index is 10.5. The Morgan fingerprint density at radius 1 is 1.57 bits per heavy atom. The molecule has 1 amide bonds. The molecule has 0 aromatic carbocycles. The Morgan fingerprint density at radius 2 is 2.29 bits per heavy atom. The maximum absolute atomic E-state index is 10.5. The number of hydrogen-bond donors (Lipinski definition) is 2. The summed E-state index contributed by atoms with van der Waals surface area (Å²) < 4.78 is 1.81. The van der Waals surface area contributed by atoms with Crippen molar-refractivity contribution < 1.29 is 4.79 Å². The monoisotopic (exact) mass is 215 g/mol. The lowest BCUT2D eigenvalue weighted by Crippen LogP contribution is -2.11. The van der Waals surface area contributed by atoms with E-state index in [4.69, 9.17) is 11.5 Å². The van der Waals surface area contributed by atoms with Gasteiger partial charge in [-0.1, -0.05) is 11.8 Å². The molecular weight excluding hydrogens is 202 g/mol. The molecule has 0 radical (unpaired) electrons. The molecule has 0 aliphatic heterocycles. The van der Waals surface area contributed by atoms with Gasteiger partial charge in [0.15, 0.2) is 5.16 Å². The summed E-state index contributed by atoms with van der Waals surface area (Å²) in [7, 11) is 1.84. The maximum Gasteiger partial charge on any atom is 0.218 e. The SMILES string of the molecule is Cn1c(CN)nnc1SCCC(N)=O. The van der Waals surface area contributed by atoms with Crippen LogP contribution in [0.2, 0.25) is 0 Å². The Hall–Kier alpha value is -1.08. The lowest BCUT2D eigenvalue weighted by Gasteiger charge is -2.00. The van der Waals surface area contributed by atoms with E-state index in [0.29, 0.717) is 18.7 Å². The van der Waals surface area contributed by atoms with Crippen LogP contribution in [0.5, 0.6) is 0 Å². The summed E-state index contributed by atoms with van der Waals surface area (Å²) in [4.78, 5) is 10.5. The van der Waals surface area contributed by atoms with Crippen LogP contribution in [-0.4, -0.2) is 26.4 Å². The van der Waals surface area contributed by atoms with Crippen molar-refractivity contribution in [2.75, 3.05) is 5.75 Å². The van der Waals surface area contributed by atoms with Gasteiger partial charge in [0.25, 0.3) is 0 Å². The average Bonchev–Trinajstić information content (AvgIpc) is 2.47. The Kier molecular flexibility index (Phi) is 3.90. The van der Waals surface area contributed by atoms with E-state index in [2.05, 4.69) is 10.2 Å². The normalized spacial score (nSPS) is 10.4. The van der Waals surface area contributed by atoms with Crippen LogP contribution in [0.3, 0.4) is 0 Å². The third kappa shape index (κ3) is 2.71. The second kappa shape index (κ2) is 4.97. The van der Waals surface area contributed by atoms with Crippen LogP contribution in [0.25, 0.3) is 0 Å². The number of aromatic nitrogens is 3. The second-order valence-corrected chi connectivity index (χ2v) is 3.79. The summed E-state index contributed by atoms with van der Waals surface area (Å²) >= 11 is 1.44. The van der Waals surface area contributed by atoms with Crippen LogP contribution in [-0.2, 0) is 18.4 Å². The summed E-state index contributed by atoms with van der Waals surface area (Å²) in [5.41, 5.74) is 10.4. The zero-order valence-corrected chi connectivity index (χ0v) is 8.75. The molecule has 1 rings (SSSR count). The fourth-order valence-electron chi connectivity index (χ4n) is 0.891. The van der Waals surface area contributed by atoms with Crippen molar-refractivity contribution in [3.63, 3.8) is 0 Å². The molecule has 0 saturated heterocycles. The highest BCUT2D eigenvalue weighted by Gasteiger charge is 2.07. The van der Waals surface area contributed by atoms with E-state index >= 15 is 0 Å². The van der Waals surface area contributed by atoms with Crippen molar-refractivity contribution in [3.05, 3.63) is 5.82 Å². The highest BCUT2D eigenvalue weighted by molar-refractivity contribution is 7.99. The van der Waals surface area contributed by atoms with Crippen LogP contribution < -0.4 is 11.5 Å². The van der Waals surface area contributed by atoms with E-state index in [0.717, 1.165) is 11.0 Å².